The van der Waals surface area contributed by atoms with Crippen molar-refractivity contribution >= 4 is 60.9 Å². The predicted octanol–water partition coefficient (Wildman–Crippen LogP) is 12.3. The Kier molecular flexibility index (Phi) is 4.75. The highest BCUT2D eigenvalue weighted by atomic mass is 16.3. The van der Waals surface area contributed by atoms with Crippen molar-refractivity contribution in [2.24, 2.45) is 0 Å². The maximum Gasteiger partial charge on any atom is 0.143 e. The predicted molar refractivity (Wildman–Crippen MR) is 187 cm³/mol. The molecule has 0 N–H and O–H groups in total. The van der Waals surface area contributed by atoms with Crippen molar-refractivity contribution in [2.45, 2.75) is 0 Å². The van der Waals surface area contributed by atoms with Gasteiger partial charge in [-0.2, -0.15) is 0 Å². The quantitative estimate of drug-likeness (QED) is 0.202. The van der Waals surface area contributed by atoms with Crippen LogP contribution in [-0.4, -0.2) is 0 Å². The van der Waals surface area contributed by atoms with Crippen molar-refractivity contribution in [3.63, 3.8) is 0 Å². The highest BCUT2D eigenvalue weighted by Gasteiger charge is 2.16. The zero-order valence-electron chi connectivity index (χ0n) is 29.0. The van der Waals surface area contributed by atoms with E-state index < -0.39 is 18.1 Å². The summed E-state index contributed by atoms with van der Waals surface area (Å²) in [6, 6.07) is 42.0. The molecule has 3 nitrogen and oxygen atoms in total. The fourth-order valence-electron chi connectivity index (χ4n) is 6.24. The molecule has 0 unspecified atom stereocenters. The molecular weight excluding hydrogens is 550 g/mol. The SMILES string of the molecule is [2H]c1c([2H])c([2H])c(N(c2ccc(-c3ccc4oc5c(-c6ccccc6)cccc5c4c3)cc2)c2ccc3c(c2)oc2ccccc23)c([2H])c1[2H]. The number of benzene rings is 7. The average molecular weight is 583 g/mol. The Labute approximate surface area is 267 Å². The third kappa shape index (κ3) is 4.29. The van der Waals surface area contributed by atoms with Crippen LogP contribution in [-0.2, 0) is 0 Å². The Hall–Kier alpha value is -6.06. The van der Waals surface area contributed by atoms with Crippen LogP contribution in [0.25, 0.3) is 66.1 Å². The minimum absolute atomic E-state index is 0.0553. The van der Waals surface area contributed by atoms with E-state index in [0.29, 0.717) is 17.0 Å². The van der Waals surface area contributed by atoms with Gasteiger partial charge in [-0.25, -0.2) is 0 Å². The molecule has 2 aromatic heterocycles. The molecule has 0 saturated carbocycles. The van der Waals surface area contributed by atoms with Crippen LogP contribution in [0, 0.1) is 0 Å². The van der Waals surface area contributed by atoms with Gasteiger partial charge >= 0.3 is 0 Å². The van der Waals surface area contributed by atoms with Gasteiger partial charge in [0.05, 0.1) is 6.85 Å². The van der Waals surface area contributed by atoms with Gasteiger partial charge in [0.15, 0.2) is 0 Å². The first-order valence-electron chi connectivity index (χ1n) is 17.3. The summed E-state index contributed by atoms with van der Waals surface area (Å²) in [6.07, 6.45) is 0. The van der Waals surface area contributed by atoms with E-state index in [2.05, 4.69) is 36.4 Å². The van der Waals surface area contributed by atoms with Gasteiger partial charge in [0, 0.05) is 50.2 Å². The molecule has 0 radical (unpaired) electrons. The van der Waals surface area contributed by atoms with Gasteiger partial charge in [0.1, 0.15) is 22.3 Å². The number of hydrogen-bond acceptors (Lipinski definition) is 3. The van der Waals surface area contributed by atoms with Crippen LogP contribution in [0.15, 0.2) is 173 Å². The third-order valence-corrected chi connectivity index (χ3v) is 8.37. The monoisotopic (exact) mass is 582 g/mol. The molecular formula is C42H27NO2. The lowest BCUT2D eigenvalue weighted by Crippen LogP contribution is -2.09. The van der Waals surface area contributed by atoms with E-state index >= 15 is 0 Å². The number of nitrogens with zero attached hydrogens (tertiary/aromatic N) is 1. The number of rotatable bonds is 5. The molecule has 0 atom stereocenters. The molecule has 9 rings (SSSR count). The van der Waals surface area contributed by atoms with E-state index in [1.165, 1.54) is 0 Å². The summed E-state index contributed by atoms with van der Waals surface area (Å²) in [6.45, 7) is 0. The topological polar surface area (TPSA) is 29.5 Å². The summed E-state index contributed by atoms with van der Waals surface area (Å²) < 4.78 is 55.3. The molecule has 0 spiro atoms. The van der Waals surface area contributed by atoms with Crippen LogP contribution in [0.3, 0.4) is 0 Å². The molecule has 0 aliphatic rings. The van der Waals surface area contributed by atoms with Gasteiger partial charge in [-0.05, 0) is 71.2 Å². The average Bonchev–Trinajstić information content (AvgIpc) is 3.73. The molecule has 3 heteroatoms. The first-order valence-corrected chi connectivity index (χ1v) is 14.8. The third-order valence-electron chi connectivity index (χ3n) is 8.37. The Morgan fingerprint density at radius 3 is 2.00 bits per heavy atom. The van der Waals surface area contributed by atoms with E-state index in [1.54, 1.807) is 4.90 Å². The van der Waals surface area contributed by atoms with Crippen LogP contribution in [0.2, 0.25) is 0 Å². The number of anilines is 3. The molecule has 0 fully saturated rings. The molecule has 45 heavy (non-hydrogen) atoms. The normalized spacial score (nSPS) is 13.1. The lowest BCUT2D eigenvalue weighted by atomic mass is 10.00. The van der Waals surface area contributed by atoms with Gasteiger partial charge in [-0.15, -0.1) is 0 Å². The Morgan fingerprint density at radius 1 is 0.422 bits per heavy atom. The van der Waals surface area contributed by atoms with Crippen LogP contribution in [0.4, 0.5) is 17.1 Å². The second-order valence-corrected chi connectivity index (χ2v) is 11.0. The Balaban J connectivity index is 1.17. The van der Waals surface area contributed by atoms with E-state index in [4.69, 9.17) is 15.7 Å². The highest BCUT2D eigenvalue weighted by molar-refractivity contribution is 6.10. The lowest BCUT2D eigenvalue weighted by Gasteiger charge is -2.25. The van der Waals surface area contributed by atoms with Crippen LogP contribution < -0.4 is 4.90 Å². The first kappa shape index (κ1) is 20.8. The molecule has 0 amide bonds. The summed E-state index contributed by atoms with van der Waals surface area (Å²) in [5.74, 6) is 0. The molecule has 9 aromatic rings. The minimum Gasteiger partial charge on any atom is -0.456 e. The number of hydrogen-bond donors (Lipinski definition) is 0. The van der Waals surface area contributed by atoms with Gasteiger partial charge < -0.3 is 13.7 Å². The molecule has 0 aliphatic heterocycles. The van der Waals surface area contributed by atoms with Crippen molar-refractivity contribution in [3.8, 4) is 22.3 Å². The Bertz CT molecular complexity index is 2740. The largest absolute Gasteiger partial charge is 0.456 e. The first-order chi connectivity index (χ1) is 24.4. The summed E-state index contributed by atoms with van der Waals surface area (Å²) >= 11 is 0. The summed E-state index contributed by atoms with van der Waals surface area (Å²) in [7, 11) is 0. The van der Waals surface area contributed by atoms with Crippen LogP contribution in [0.1, 0.15) is 6.85 Å². The van der Waals surface area contributed by atoms with E-state index in [0.717, 1.165) is 60.5 Å². The van der Waals surface area contributed by atoms with Crippen molar-refractivity contribution in [2.75, 3.05) is 4.90 Å². The molecule has 2 heterocycles. The van der Waals surface area contributed by atoms with Gasteiger partial charge in [-0.3, -0.25) is 0 Å². The fourth-order valence-corrected chi connectivity index (χ4v) is 6.24. The maximum atomic E-state index is 8.84. The van der Waals surface area contributed by atoms with Crippen molar-refractivity contribution in [1.82, 2.24) is 0 Å². The smallest absolute Gasteiger partial charge is 0.143 e. The van der Waals surface area contributed by atoms with Crippen molar-refractivity contribution in [1.29, 1.82) is 0 Å². The molecule has 7 aromatic carbocycles. The van der Waals surface area contributed by atoms with Crippen molar-refractivity contribution in [3.05, 3.63) is 164 Å². The van der Waals surface area contributed by atoms with Gasteiger partial charge in [0.2, 0.25) is 0 Å². The number of fused-ring (bicyclic) bond motifs is 6. The summed E-state index contributed by atoms with van der Waals surface area (Å²) in [5, 5.41) is 3.96. The standard InChI is InChI=1S/C42H27NO2/c1-3-10-29(11-4-1)34-15-9-16-37-38-26-30(20-25-40(38)45-42(34)37)28-18-21-32(22-19-28)43(31-12-5-2-6-13-31)33-23-24-36-35-14-7-8-17-39(35)44-41(36)27-33/h1-27H/i2D,5D,6D,12D,13D. The van der Waals surface area contributed by atoms with Gasteiger partial charge in [0.25, 0.3) is 0 Å². The highest BCUT2D eigenvalue weighted by Crippen LogP contribution is 2.40. The van der Waals surface area contributed by atoms with E-state index in [-0.39, 0.29) is 17.8 Å². The summed E-state index contributed by atoms with van der Waals surface area (Å²) in [5.41, 5.74) is 8.40. The number of para-hydroxylation sites is 3. The van der Waals surface area contributed by atoms with Gasteiger partial charge in [-0.1, -0.05) is 103 Å². The molecule has 212 valence electrons. The lowest BCUT2D eigenvalue weighted by molar-refractivity contribution is 0.669. The zero-order valence-corrected chi connectivity index (χ0v) is 24.0. The summed E-state index contributed by atoms with van der Waals surface area (Å²) in [4.78, 5) is 1.70. The fraction of sp³-hybridized carbons (Fsp3) is 0. The van der Waals surface area contributed by atoms with Crippen molar-refractivity contribution < 1.29 is 15.7 Å². The van der Waals surface area contributed by atoms with E-state index in [1.807, 2.05) is 97.1 Å². The number of furan rings is 2. The zero-order chi connectivity index (χ0) is 34.1. The maximum absolute atomic E-state index is 8.84. The van der Waals surface area contributed by atoms with Crippen LogP contribution in [0.5, 0.6) is 0 Å². The second-order valence-electron chi connectivity index (χ2n) is 11.0. The van der Waals surface area contributed by atoms with Crippen LogP contribution >= 0.6 is 0 Å². The molecule has 0 aliphatic carbocycles. The molecule has 0 saturated heterocycles. The second kappa shape index (κ2) is 10.3. The molecule has 0 bridgehead atoms. The minimum atomic E-state index is -0.440. The van der Waals surface area contributed by atoms with E-state index in [9.17, 15) is 0 Å². The Morgan fingerprint density at radius 2 is 1.13 bits per heavy atom.